The zero-order valence-corrected chi connectivity index (χ0v) is 16.0. The summed E-state index contributed by atoms with van der Waals surface area (Å²) in [6.07, 6.45) is 1.03. The monoisotopic (exact) mass is 369 g/mol. The first-order valence-corrected chi connectivity index (χ1v) is 8.82. The highest BCUT2D eigenvalue weighted by atomic mass is 16.5. The predicted octanol–water partition coefficient (Wildman–Crippen LogP) is 1.75. The summed E-state index contributed by atoms with van der Waals surface area (Å²) in [7, 11) is 1.74. The minimum atomic E-state index is -0.0171. The number of hydrogen-bond acceptors (Lipinski definition) is 7. The molecule has 142 valence electrons. The molecule has 1 aromatic carbocycles. The van der Waals surface area contributed by atoms with Gasteiger partial charge in [0, 0.05) is 13.5 Å². The van der Waals surface area contributed by atoms with Gasteiger partial charge in [0.25, 0.3) is 0 Å². The lowest BCUT2D eigenvalue weighted by molar-refractivity contribution is -0.129. The zero-order chi connectivity index (χ0) is 19.4. The van der Waals surface area contributed by atoms with Gasteiger partial charge in [-0.25, -0.2) is 0 Å². The minimum absolute atomic E-state index is 0.0171. The van der Waals surface area contributed by atoms with Crippen molar-refractivity contribution in [2.24, 2.45) is 5.92 Å². The number of rotatable bonds is 7. The number of carbonyl (C=O) groups excluding carboxylic acids is 1. The molecular formula is C18H23N7O2. The average molecular weight is 369 g/mol. The topological polar surface area (TPSA) is 103 Å². The van der Waals surface area contributed by atoms with Gasteiger partial charge >= 0.3 is 0 Å². The molecule has 3 rings (SSSR count). The molecule has 27 heavy (non-hydrogen) atoms. The Morgan fingerprint density at radius 2 is 2.00 bits per heavy atom. The van der Waals surface area contributed by atoms with Gasteiger partial charge in [0.15, 0.2) is 11.6 Å². The van der Waals surface area contributed by atoms with Gasteiger partial charge in [-0.3, -0.25) is 4.79 Å². The van der Waals surface area contributed by atoms with Gasteiger partial charge in [0.05, 0.1) is 18.7 Å². The van der Waals surface area contributed by atoms with Crippen LogP contribution in [-0.2, 0) is 24.2 Å². The molecule has 0 spiro atoms. The maximum atomic E-state index is 12.5. The number of carbonyl (C=O) groups is 1. The van der Waals surface area contributed by atoms with E-state index in [1.807, 2.05) is 31.2 Å². The van der Waals surface area contributed by atoms with Crippen LogP contribution in [-0.4, -0.2) is 48.2 Å². The first-order valence-electron chi connectivity index (χ1n) is 8.82. The number of amides is 1. The second kappa shape index (κ2) is 8.07. The number of benzene rings is 1. The molecule has 0 unspecified atom stereocenters. The summed E-state index contributed by atoms with van der Waals surface area (Å²) < 4.78 is 6.86. The first kappa shape index (κ1) is 18.7. The largest absolute Gasteiger partial charge is 0.339 e. The molecule has 0 aliphatic carbocycles. The quantitative estimate of drug-likeness (QED) is 0.625. The highest BCUT2D eigenvalue weighted by molar-refractivity contribution is 5.78. The van der Waals surface area contributed by atoms with Crippen molar-refractivity contribution in [2.75, 3.05) is 7.05 Å². The number of aryl methyl sites for hydroxylation is 1. The number of aromatic nitrogens is 6. The average Bonchev–Trinajstić information content (AvgIpc) is 3.24. The van der Waals surface area contributed by atoms with E-state index in [4.69, 9.17) is 4.52 Å². The summed E-state index contributed by atoms with van der Waals surface area (Å²) in [5.74, 6) is 2.25. The van der Waals surface area contributed by atoms with Crippen LogP contribution in [0.3, 0.4) is 0 Å². The molecule has 0 aliphatic rings. The van der Waals surface area contributed by atoms with Crippen LogP contribution in [0.4, 0.5) is 0 Å². The smallest absolute Gasteiger partial charge is 0.227 e. The summed E-state index contributed by atoms with van der Waals surface area (Å²) in [6.45, 7) is 6.33. The zero-order valence-electron chi connectivity index (χ0n) is 16.0. The normalized spacial score (nSPS) is 11.1. The molecule has 9 heteroatoms. The second-order valence-corrected chi connectivity index (χ2v) is 6.93. The van der Waals surface area contributed by atoms with Crippen molar-refractivity contribution >= 4 is 5.91 Å². The molecule has 0 bridgehead atoms. The van der Waals surface area contributed by atoms with Crippen molar-refractivity contribution < 1.29 is 9.32 Å². The van der Waals surface area contributed by atoms with Crippen LogP contribution in [0.5, 0.6) is 0 Å². The van der Waals surface area contributed by atoms with Crippen molar-refractivity contribution in [3.05, 3.63) is 47.4 Å². The van der Waals surface area contributed by atoms with Crippen LogP contribution in [0.2, 0.25) is 0 Å². The molecule has 0 saturated carbocycles. The van der Waals surface area contributed by atoms with E-state index in [2.05, 4.69) is 39.5 Å². The molecule has 0 fully saturated rings. The lowest BCUT2D eigenvalue weighted by atomic mass is 10.1. The number of nitrogens with zero attached hydrogens (tertiary/aromatic N) is 7. The molecule has 0 radical (unpaired) electrons. The van der Waals surface area contributed by atoms with Gasteiger partial charge in [-0.05, 0) is 41.0 Å². The van der Waals surface area contributed by atoms with Gasteiger partial charge in [0.2, 0.25) is 11.8 Å². The molecule has 0 saturated heterocycles. The molecule has 9 nitrogen and oxygen atoms in total. The Morgan fingerprint density at radius 3 is 2.63 bits per heavy atom. The third kappa shape index (κ3) is 4.75. The molecule has 1 amide bonds. The molecule has 0 N–H and O–H groups in total. The van der Waals surface area contributed by atoms with E-state index in [0.29, 0.717) is 36.4 Å². The van der Waals surface area contributed by atoms with E-state index < -0.39 is 0 Å². The Balaban J connectivity index is 1.58. The molecule has 2 aromatic heterocycles. The number of hydrogen-bond donors (Lipinski definition) is 0. The first-order chi connectivity index (χ1) is 12.9. The lowest BCUT2D eigenvalue weighted by Gasteiger charge is -2.15. The summed E-state index contributed by atoms with van der Waals surface area (Å²) in [5, 5.41) is 15.4. The Morgan fingerprint density at radius 1 is 1.26 bits per heavy atom. The third-order valence-corrected chi connectivity index (χ3v) is 4.06. The Labute approximate surface area is 157 Å². The molecule has 0 aliphatic heterocycles. The van der Waals surface area contributed by atoms with Gasteiger partial charge in [0.1, 0.15) is 0 Å². The summed E-state index contributed by atoms with van der Waals surface area (Å²) in [4.78, 5) is 18.4. The SMILES string of the molecule is Cc1nnnn1-c1ccc(CC(=O)N(C)Cc2noc(CC(C)C)n2)cc1. The van der Waals surface area contributed by atoms with E-state index in [1.165, 1.54) is 0 Å². The fourth-order valence-electron chi connectivity index (χ4n) is 2.62. The fraction of sp³-hybridized carbons (Fsp3) is 0.444. The fourth-order valence-corrected chi connectivity index (χ4v) is 2.62. The van der Waals surface area contributed by atoms with E-state index in [-0.39, 0.29) is 5.91 Å². The summed E-state index contributed by atoms with van der Waals surface area (Å²) in [6, 6.07) is 7.58. The van der Waals surface area contributed by atoms with Gasteiger partial charge in [-0.15, -0.1) is 5.10 Å². The predicted molar refractivity (Wildman–Crippen MR) is 96.9 cm³/mol. The molecule has 2 heterocycles. The van der Waals surface area contributed by atoms with E-state index in [0.717, 1.165) is 17.7 Å². The van der Waals surface area contributed by atoms with Crippen molar-refractivity contribution in [3.8, 4) is 5.69 Å². The maximum absolute atomic E-state index is 12.5. The van der Waals surface area contributed by atoms with E-state index in [1.54, 1.807) is 16.6 Å². The van der Waals surface area contributed by atoms with E-state index >= 15 is 0 Å². The van der Waals surface area contributed by atoms with Crippen molar-refractivity contribution in [1.82, 2.24) is 35.2 Å². The van der Waals surface area contributed by atoms with Crippen LogP contribution in [0, 0.1) is 12.8 Å². The van der Waals surface area contributed by atoms with Crippen molar-refractivity contribution in [2.45, 2.75) is 40.2 Å². The summed E-state index contributed by atoms with van der Waals surface area (Å²) in [5.41, 5.74) is 1.77. The van der Waals surface area contributed by atoms with Crippen molar-refractivity contribution in [3.63, 3.8) is 0 Å². The Bertz CT molecular complexity index is 899. The van der Waals surface area contributed by atoms with Gasteiger partial charge in [-0.2, -0.15) is 9.67 Å². The maximum Gasteiger partial charge on any atom is 0.227 e. The van der Waals surface area contributed by atoms with Gasteiger partial charge in [-0.1, -0.05) is 31.1 Å². The Hall–Kier alpha value is -3.10. The summed E-state index contributed by atoms with van der Waals surface area (Å²) >= 11 is 0. The van der Waals surface area contributed by atoms with E-state index in [9.17, 15) is 4.79 Å². The minimum Gasteiger partial charge on any atom is -0.339 e. The second-order valence-electron chi connectivity index (χ2n) is 6.93. The molecular weight excluding hydrogens is 346 g/mol. The van der Waals surface area contributed by atoms with Gasteiger partial charge < -0.3 is 9.42 Å². The molecule has 3 aromatic rings. The molecule has 0 atom stereocenters. The number of tetrazole rings is 1. The highest BCUT2D eigenvalue weighted by Gasteiger charge is 2.15. The number of likely N-dealkylation sites (N-methyl/N-ethyl adjacent to an activating group) is 1. The van der Waals surface area contributed by atoms with Crippen LogP contribution in [0.25, 0.3) is 5.69 Å². The lowest BCUT2D eigenvalue weighted by Crippen LogP contribution is -2.28. The standard InChI is InChI=1S/C18H23N7O2/c1-12(2)9-17-19-16(21-27-17)11-24(4)18(26)10-14-5-7-15(8-6-14)25-13(3)20-22-23-25/h5-8,12H,9-11H2,1-4H3. The highest BCUT2D eigenvalue weighted by Crippen LogP contribution is 2.12. The van der Waals surface area contributed by atoms with Crippen LogP contribution >= 0.6 is 0 Å². The van der Waals surface area contributed by atoms with Crippen LogP contribution in [0.1, 0.15) is 37.0 Å². The Kier molecular flexibility index (Phi) is 5.58. The third-order valence-electron chi connectivity index (χ3n) is 4.06. The van der Waals surface area contributed by atoms with Crippen LogP contribution < -0.4 is 0 Å². The van der Waals surface area contributed by atoms with Crippen molar-refractivity contribution in [1.29, 1.82) is 0 Å². The van der Waals surface area contributed by atoms with Crippen LogP contribution in [0.15, 0.2) is 28.8 Å².